The zero-order valence-corrected chi connectivity index (χ0v) is 17.2. The zero-order valence-electron chi connectivity index (χ0n) is 16.4. The first kappa shape index (κ1) is 18.7. The van der Waals surface area contributed by atoms with Crippen LogP contribution >= 0.6 is 11.8 Å². The van der Waals surface area contributed by atoms with Gasteiger partial charge in [0.15, 0.2) is 17.1 Å². The molecule has 2 N–H and O–H groups in total. The Labute approximate surface area is 177 Å². The number of carbonyl (C=O) groups excluding carboxylic acids is 2. The third-order valence-electron chi connectivity index (χ3n) is 5.49. The number of nitrogens with one attached hydrogen (secondary N) is 2. The third-order valence-corrected chi connectivity index (χ3v) is 6.77. The average molecular weight is 421 g/mol. The molecular weight excluding hydrogens is 402 g/mol. The van der Waals surface area contributed by atoms with Crippen molar-refractivity contribution < 1.29 is 14.3 Å². The van der Waals surface area contributed by atoms with Crippen LogP contribution in [-0.4, -0.2) is 38.9 Å². The number of nitrogens with zero attached hydrogens (tertiary/aromatic N) is 3. The summed E-state index contributed by atoms with van der Waals surface area (Å²) in [7, 11) is 1.57. The normalized spacial score (nSPS) is 21.5. The molecule has 0 saturated heterocycles. The van der Waals surface area contributed by atoms with Crippen molar-refractivity contribution in [3.63, 3.8) is 0 Å². The maximum absolute atomic E-state index is 13.7. The monoisotopic (exact) mass is 421 g/mol. The molecule has 152 valence electrons. The molecule has 5 rings (SSSR count). The highest BCUT2D eigenvalue weighted by Crippen LogP contribution is 2.48. The van der Waals surface area contributed by atoms with E-state index in [-0.39, 0.29) is 11.7 Å². The lowest BCUT2D eigenvalue weighted by Crippen LogP contribution is -2.58. The lowest BCUT2D eigenvalue weighted by Gasteiger charge is -2.40. The van der Waals surface area contributed by atoms with E-state index in [2.05, 4.69) is 20.9 Å². The van der Waals surface area contributed by atoms with E-state index in [1.807, 2.05) is 31.2 Å². The number of carbonyl (C=O) groups is 2. The maximum atomic E-state index is 13.7. The van der Waals surface area contributed by atoms with E-state index in [9.17, 15) is 9.59 Å². The first-order chi connectivity index (χ1) is 14.6. The highest BCUT2D eigenvalue weighted by molar-refractivity contribution is 8.00. The van der Waals surface area contributed by atoms with E-state index in [0.29, 0.717) is 34.4 Å². The van der Waals surface area contributed by atoms with Crippen LogP contribution in [-0.2, 0) is 16.8 Å². The number of rotatable bonds is 4. The average Bonchev–Trinajstić information content (AvgIpc) is 3.31. The molecule has 2 unspecified atom stereocenters. The Hall–Kier alpha value is -3.33. The lowest BCUT2D eigenvalue weighted by molar-refractivity contribution is -0.120. The molecule has 0 saturated carbocycles. The molecule has 2 atom stereocenters. The predicted molar refractivity (Wildman–Crippen MR) is 112 cm³/mol. The van der Waals surface area contributed by atoms with Gasteiger partial charge in [-0.3, -0.25) is 9.59 Å². The molecule has 8 nitrogen and oxygen atoms in total. The summed E-state index contributed by atoms with van der Waals surface area (Å²) in [4.78, 5) is 27.0. The van der Waals surface area contributed by atoms with E-state index >= 15 is 0 Å². The molecular formula is C21H19N5O3S. The molecule has 2 aliphatic rings. The van der Waals surface area contributed by atoms with Crippen molar-refractivity contribution in [2.45, 2.75) is 29.3 Å². The Morgan fingerprint density at radius 2 is 1.97 bits per heavy atom. The van der Waals surface area contributed by atoms with E-state index in [1.54, 1.807) is 36.1 Å². The molecule has 1 spiro atoms. The Morgan fingerprint density at radius 3 is 2.70 bits per heavy atom. The maximum Gasteiger partial charge on any atom is 0.257 e. The zero-order chi connectivity index (χ0) is 20.9. The number of aromatic nitrogens is 3. The van der Waals surface area contributed by atoms with Crippen molar-refractivity contribution >= 4 is 29.1 Å². The largest absolute Gasteiger partial charge is 0.497 e. The van der Waals surface area contributed by atoms with Crippen LogP contribution in [0.3, 0.4) is 0 Å². The Kier molecular flexibility index (Phi) is 4.28. The number of hydrogen-bond acceptors (Lipinski definition) is 7. The highest BCUT2D eigenvalue weighted by atomic mass is 32.2. The minimum atomic E-state index is -1.28. The number of Topliss-reactive ketones (excluding diaryl/α,β-unsaturated/α-hetero) is 1. The van der Waals surface area contributed by atoms with E-state index < -0.39 is 10.8 Å². The van der Waals surface area contributed by atoms with Crippen LogP contribution in [0.5, 0.6) is 5.75 Å². The van der Waals surface area contributed by atoms with Gasteiger partial charge in [-0.1, -0.05) is 36.9 Å². The van der Waals surface area contributed by atoms with Crippen molar-refractivity contribution in [3.8, 4) is 5.75 Å². The van der Waals surface area contributed by atoms with E-state index in [0.717, 1.165) is 5.56 Å². The second-order valence-corrected chi connectivity index (χ2v) is 8.17. The van der Waals surface area contributed by atoms with Gasteiger partial charge in [-0.05, 0) is 30.3 Å². The fourth-order valence-electron chi connectivity index (χ4n) is 3.95. The van der Waals surface area contributed by atoms with Crippen LogP contribution in [0.25, 0.3) is 0 Å². The van der Waals surface area contributed by atoms with Gasteiger partial charge >= 0.3 is 0 Å². The van der Waals surface area contributed by atoms with Gasteiger partial charge in [-0.25, -0.2) is 4.68 Å². The Bertz CT molecular complexity index is 1160. The van der Waals surface area contributed by atoms with Gasteiger partial charge in [0, 0.05) is 23.2 Å². The highest BCUT2D eigenvalue weighted by Gasteiger charge is 2.59. The van der Waals surface area contributed by atoms with Crippen molar-refractivity contribution in [2.24, 2.45) is 0 Å². The molecule has 1 amide bonds. The fraction of sp³-hybridized carbons (Fsp3) is 0.238. The van der Waals surface area contributed by atoms with Gasteiger partial charge in [0.1, 0.15) is 11.0 Å². The number of hydrogen-bond donors (Lipinski definition) is 2. The molecule has 3 aromatic rings. The van der Waals surface area contributed by atoms with Crippen LogP contribution in [0.1, 0.15) is 28.7 Å². The Balaban J connectivity index is 1.67. The summed E-state index contributed by atoms with van der Waals surface area (Å²) in [5.74, 6) is 0.912. The molecule has 30 heavy (non-hydrogen) atoms. The second-order valence-electron chi connectivity index (χ2n) is 7.10. The van der Waals surface area contributed by atoms with Gasteiger partial charge in [0.05, 0.1) is 7.11 Å². The number of anilines is 1. The number of benzene rings is 2. The number of amides is 1. The minimum Gasteiger partial charge on any atom is -0.497 e. The second kappa shape index (κ2) is 6.88. The molecule has 3 heterocycles. The molecule has 0 bridgehead atoms. The minimum absolute atomic E-state index is 0.172. The summed E-state index contributed by atoms with van der Waals surface area (Å²) < 4.78 is 6.92. The summed E-state index contributed by atoms with van der Waals surface area (Å²) in [6, 6.07) is 14.3. The SMILES string of the molecule is CCc1nnc2n1NC1(C(=O)Nc3ccccc31)C(C(=O)c1ccc(OC)cc1)S2. The summed E-state index contributed by atoms with van der Waals surface area (Å²) in [6.45, 7) is 1.97. The number of thioether (sulfide) groups is 1. The molecule has 9 heteroatoms. The molecule has 2 aromatic carbocycles. The van der Waals surface area contributed by atoms with Gasteiger partial charge in [0.25, 0.3) is 5.91 Å². The molecule has 2 aliphatic heterocycles. The van der Waals surface area contributed by atoms with E-state index in [1.165, 1.54) is 11.8 Å². The first-order valence-electron chi connectivity index (χ1n) is 9.57. The van der Waals surface area contributed by atoms with Gasteiger partial charge in [-0.2, -0.15) is 0 Å². The number of para-hydroxylation sites is 1. The van der Waals surface area contributed by atoms with Gasteiger partial charge < -0.3 is 15.5 Å². The lowest BCUT2D eigenvalue weighted by atomic mass is 9.84. The van der Waals surface area contributed by atoms with Gasteiger partial charge in [-0.15, -0.1) is 10.2 Å². The van der Waals surface area contributed by atoms with Crippen LogP contribution in [0.2, 0.25) is 0 Å². The molecule has 1 aromatic heterocycles. The van der Waals surface area contributed by atoms with Crippen LogP contribution < -0.4 is 15.5 Å². The quantitative estimate of drug-likeness (QED) is 0.625. The number of ketones is 1. The van der Waals surface area contributed by atoms with Crippen LogP contribution in [0.15, 0.2) is 53.7 Å². The number of aryl methyl sites for hydroxylation is 1. The summed E-state index contributed by atoms with van der Waals surface area (Å²) in [6.07, 6.45) is 0.636. The third kappa shape index (κ3) is 2.55. The first-order valence-corrected chi connectivity index (χ1v) is 10.4. The number of ether oxygens (including phenoxy) is 1. The van der Waals surface area contributed by atoms with Gasteiger partial charge in [0.2, 0.25) is 5.16 Å². The van der Waals surface area contributed by atoms with Crippen LogP contribution in [0, 0.1) is 0 Å². The number of fused-ring (bicyclic) bond motifs is 3. The summed E-state index contributed by atoms with van der Waals surface area (Å²) >= 11 is 1.25. The fourth-order valence-corrected chi connectivity index (χ4v) is 5.22. The van der Waals surface area contributed by atoms with Crippen molar-refractivity contribution in [1.29, 1.82) is 0 Å². The topological polar surface area (TPSA) is 98.1 Å². The molecule has 0 radical (unpaired) electrons. The summed E-state index contributed by atoms with van der Waals surface area (Å²) in [5, 5.41) is 11.2. The van der Waals surface area contributed by atoms with Crippen molar-refractivity contribution in [1.82, 2.24) is 14.9 Å². The van der Waals surface area contributed by atoms with Crippen molar-refractivity contribution in [3.05, 3.63) is 65.5 Å². The predicted octanol–water partition coefficient (Wildman–Crippen LogP) is 2.60. The molecule has 0 aliphatic carbocycles. The van der Waals surface area contributed by atoms with E-state index in [4.69, 9.17) is 4.74 Å². The van der Waals surface area contributed by atoms with Crippen molar-refractivity contribution in [2.75, 3.05) is 17.9 Å². The standard InChI is InChI=1S/C21H19N5O3S/c1-3-16-23-24-20-26(16)25-21(14-6-4-5-7-15(14)22-19(21)28)18(30-20)17(27)12-8-10-13(29-2)11-9-12/h4-11,18,25H,3H2,1-2H3,(H,22,28). The van der Waals surface area contributed by atoms with Crippen LogP contribution in [0.4, 0.5) is 5.69 Å². The Morgan fingerprint density at radius 1 is 1.20 bits per heavy atom. The smallest absolute Gasteiger partial charge is 0.257 e. The summed E-state index contributed by atoms with van der Waals surface area (Å²) in [5.41, 5.74) is 3.95. The molecule has 0 fully saturated rings. The number of methoxy groups -OCH3 is 1.